The van der Waals surface area contributed by atoms with E-state index in [1.165, 1.54) is 11.6 Å². The highest BCUT2D eigenvalue weighted by molar-refractivity contribution is 5.84. The number of hydrogen-bond donors (Lipinski definition) is 2. The summed E-state index contributed by atoms with van der Waals surface area (Å²) >= 11 is 0. The minimum atomic E-state index is -0.214. The number of aromatic nitrogens is 1. The molecule has 3 N–H and O–H groups in total. The maximum atomic E-state index is 13.3. The van der Waals surface area contributed by atoms with E-state index >= 15 is 0 Å². The van der Waals surface area contributed by atoms with Gasteiger partial charge in [-0.3, -0.25) is 4.99 Å². The predicted octanol–water partition coefficient (Wildman–Crippen LogP) is 1.94. The van der Waals surface area contributed by atoms with E-state index in [0.717, 1.165) is 36.8 Å². The summed E-state index contributed by atoms with van der Waals surface area (Å²) in [6.45, 7) is 2.14. The number of halogens is 1. The molecule has 0 spiro atoms. The molecule has 2 heterocycles. The summed E-state index contributed by atoms with van der Waals surface area (Å²) < 4.78 is 20.8. The Morgan fingerprint density at radius 1 is 1.52 bits per heavy atom. The van der Waals surface area contributed by atoms with Crippen LogP contribution in [0.25, 0.3) is 10.9 Å². The molecule has 0 bridgehead atoms. The maximum absolute atomic E-state index is 13.3. The monoisotopic (exact) mass is 318 g/mol. The van der Waals surface area contributed by atoms with Crippen molar-refractivity contribution < 1.29 is 9.13 Å². The predicted molar refractivity (Wildman–Crippen MR) is 90.0 cm³/mol. The first kappa shape index (κ1) is 15.8. The van der Waals surface area contributed by atoms with Gasteiger partial charge in [0, 0.05) is 31.8 Å². The third-order valence-electron chi connectivity index (χ3n) is 4.22. The zero-order valence-electron chi connectivity index (χ0n) is 13.4. The van der Waals surface area contributed by atoms with E-state index in [1.807, 2.05) is 23.9 Å². The van der Waals surface area contributed by atoms with Gasteiger partial charge in [-0.2, -0.15) is 0 Å². The fourth-order valence-corrected chi connectivity index (χ4v) is 3.01. The van der Waals surface area contributed by atoms with Gasteiger partial charge >= 0.3 is 0 Å². The van der Waals surface area contributed by atoms with E-state index in [1.54, 1.807) is 6.07 Å². The van der Waals surface area contributed by atoms with Gasteiger partial charge in [-0.15, -0.1) is 0 Å². The standard InChI is InChI=1S/C17H23FN4O/c1-22-11-12(15-5-4-13(18)9-16(15)22)6-7-20-17(19)21-10-14-3-2-8-23-14/h4-5,9,11,14H,2-3,6-8,10H2,1H3,(H3,19,20,21). The number of ether oxygens (including phenoxy) is 1. The zero-order valence-corrected chi connectivity index (χ0v) is 13.4. The summed E-state index contributed by atoms with van der Waals surface area (Å²) in [4.78, 5) is 4.32. The van der Waals surface area contributed by atoms with Gasteiger partial charge in [0.25, 0.3) is 0 Å². The van der Waals surface area contributed by atoms with Gasteiger partial charge < -0.3 is 20.4 Å². The van der Waals surface area contributed by atoms with E-state index in [0.29, 0.717) is 19.0 Å². The number of hydrogen-bond acceptors (Lipinski definition) is 2. The number of nitrogens with zero attached hydrogens (tertiary/aromatic N) is 2. The maximum Gasteiger partial charge on any atom is 0.188 e. The molecule has 1 aliphatic rings. The van der Waals surface area contributed by atoms with Gasteiger partial charge in [0.2, 0.25) is 0 Å². The highest BCUT2D eigenvalue weighted by Crippen LogP contribution is 2.21. The van der Waals surface area contributed by atoms with Crippen LogP contribution in [0.2, 0.25) is 0 Å². The largest absolute Gasteiger partial charge is 0.376 e. The number of benzene rings is 1. The average molecular weight is 318 g/mol. The highest BCUT2D eigenvalue weighted by Gasteiger charge is 2.14. The van der Waals surface area contributed by atoms with Crippen LogP contribution in [0.3, 0.4) is 0 Å². The van der Waals surface area contributed by atoms with Crippen LogP contribution in [0.4, 0.5) is 4.39 Å². The van der Waals surface area contributed by atoms with Crippen LogP contribution in [-0.2, 0) is 18.2 Å². The molecule has 6 heteroatoms. The fraction of sp³-hybridized carbons (Fsp3) is 0.471. The van der Waals surface area contributed by atoms with Crippen LogP contribution < -0.4 is 11.1 Å². The Labute approximate surface area is 135 Å². The molecule has 2 aromatic rings. The Morgan fingerprint density at radius 2 is 2.39 bits per heavy atom. The first-order chi connectivity index (χ1) is 11.1. The highest BCUT2D eigenvalue weighted by atomic mass is 19.1. The summed E-state index contributed by atoms with van der Waals surface area (Å²) in [7, 11) is 1.93. The van der Waals surface area contributed by atoms with Crippen LogP contribution >= 0.6 is 0 Å². The van der Waals surface area contributed by atoms with Crippen molar-refractivity contribution in [2.45, 2.75) is 25.4 Å². The van der Waals surface area contributed by atoms with Crippen molar-refractivity contribution in [3.8, 4) is 0 Å². The summed E-state index contributed by atoms with van der Waals surface area (Å²) in [5, 5.41) is 4.20. The molecular weight excluding hydrogens is 295 g/mol. The molecule has 1 atom stereocenters. The Hall–Kier alpha value is -2.08. The Morgan fingerprint density at radius 3 is 3.17 bits per heavy atom. The smallest absolute Gasteiger partial charge is 0.188 e. The normalized spacial score (nSPS) is 18.7. The molecule has 1 unspecified atom stereocenters. The number of nitrogens with two attached hydrogens (primary N) is 1. The number of fused-ring (bicyclic) bond motifs is 1. The number of guanidine groups is 1. The van der Waals surface area contributed by atoms with Gasteiger partial charge in [-0.1, -0.05) is 0 Å². The number of rotatable bonds is 5. The van der Waals surface area contributed by atoms with E-state index in [2.05, 4.69) is 10.3 Å². The summed E-state index contributed by atoms with van der Waals surface area (Å²) in [6.07, 6.45) is 5.21. The van der Waals surface area contributed by atoms with Crippen molar-refractivity contribution in [3.63, 3.8) is 0 Å². The lowest BCUT2D eigenvalue weighted by molar-refractivity contribution is 0.118. The third-order valence-corrected chi connectivity index (χ3v) is 4.22. The van der Waals surface area contributed by atoms with Crippen LogP contribution in [0.1, 0.15) is 18.4 Å². The average Bonchev–Trinajstić information content (AvgIpc) is 3.14. The lowest BCUT2D eigenvalue weighted by Crippen LogP contribution is -2.34. The van der Waals surface area contributed by atoms with E-state index in [9.17, 15) is 4.39 Å². The van der Waals surface area contributed by atoms with Crippen LogP contribution in [0.15, 0.2) is 29.4 Å². The molecule has 1 fully saturated rings. The SMILES string of the molecule is Cn1cc(CCNC(N)=NCC2CCCO2)c2ccc(F)cc21. The summed E-state index contributed by atoms with van der Waals surface area (Å²) in [5.41, 5.74) is 7.95. The van der Waals surface area contributed by atoms with Crippen molar-refractivity contribution in [3.05, 3.63) is 35.8 Å². The van der Waals surface area contributed by atoms with E-state index < -0.39 is 0 Å². The van der Waals surface area contributed by atoms with Gasteiger partial charge in [-0.05, 0) is 43.0 Å². The van der Waals surface area contributed by atoms with Crippen molar-refractivity contribution >= 4 is 16.9 Å². The van der Waals surface area contributed by atoms with Gasteiger partial charge in [0.1, 0.15) is 5.82 Å². The van der Waals surface area contributed by atoms with Crippen molar-refractivity contribution in [2.75, 3.05) is 19.7 Å². The van der Waals surface area contributed by atoms with Gasteiger partial charge in [-0.25, -0.2) is 4.39 Å². The van der Waals surface area contributed by atoms with Crippen LogP contribution in [0.5, 0.6) is 0 Å². The molecule has 23 heavy (non-hydrogen) atoms. The second-order valence-corrected chi connectivity index (χ2v) is 5.96. The van der Waals surface area contributed by atoms with Gasteiger partial charge in [0.05, 0.1) is 18.2 Å². The number of nitrogens with one attached hydrogen (secondary N) is 1. The van der Waals surface area contributed by atoms with Crippen molar-refractivity contribution in [1.82, 2.24) is 9.88 Å². The zero-order chi connectivity index (χ0) is 16.2. The van der Waals surface area contributed by atoms with Gasteiger partial charge in [0.15, 0.2) is 5.96 Å². The minimum Gasteiger partial charge on any atom is -0.376 e. The molecule has 1 saturated heterocycles. The molecule has 0 radical (unpaired) electrons. The second-order valence-electron chi connectivity index (χ2n) is 5.96. The Kier molecular flexibility index (Phi) is 4.81. The van der Waals surface area contributed by atoms with Crippen LogP contribution in [-0.4, -0.2) is 36.3 Å². The van der Waals surface area contributed by atoms with Crippen LogP contribution in [0, 0.1) is 5.82 Å². The first-order valence-electron chi connectivity index (χ1n) is 8.02. The van der Waals surface area contributed by atoms with Crippen molar-refractivity contribution in [1.29, 1.82) is 0 Å². The van der Waals surface area contributed by atoms with E-state index in [-0.39, 0.29) is 11.9 Å². The summed E-state index contributed by atoms with van der Waals surface area (Å²) in [6, 6.07) is 4.88. The van der Waals surface area contributed by atoms with E-state index in [4.69, 9.17) is 10.5 Å². The lowest BCUT2D eigenvalue weighted by atomic mass is 10.1. The second kappa shape index (κ2) is 7.00. The number of aliphatic imine (C=N–C) groups is 1. The molecule has 0 aliphatic carbocycles. The lowest BCUT2D eigenvalue weighted by Gasteiger charge is -2.08. The summed E-state index contributed by atoms with van der Waals surface area (Å²) in [5.74, 6) is 0.237. The molecule has 0 amide bonds. The molecule has 124 valence electrons. The molecule has 1 aliphatic heterocycles. The molecule has 5 nitrogen and oxygen atoms in total. The Bertz CT molecular complexity index is 704. The molecule has 0 saturated carbocycles. The molecule has 1 aromatic heterocycles. The molecule has 3 rings (SSSR count). The Balaban J connectivity index is 1.55. The third kappa shape index (κ3) is 3.82. The number of aryl methyl sites for hydroxylation is 1. The fourth-order valence-electron chi connectivity index (χ4n) is 3.01. The molecule has 1 aromatic carbocycles. The first-order valence-corrected chi connectivity index (χ1v) is 8.02. The molecular formula is C17H23FN4O. The minimum absolute atomic E-state index is 0.211. The van der Waals surface area contributed by atoms with Crippen molar-refractivity contribution in [2.24, 2.45) is 17.8 Å². The quantitative estimate of drug-likeness (QED) is 0.654. The topological polar surface area (TPSA) is 64.6 Å².